The fourth-order valence-corrected chi connectivity index (χ4v) is 11.7. The van der Waals surface area contributed by atoms with Crippen molar-refractivity contribution in [1.82, 2.24) is 4.90 Å². The molecule has 3 aromatic rings. The second-order valence-electron chi connectivity index (χ2n) is 16.5. The molecule has 268 valence electrons. The fraction of sp³-hybridized carbons (Fsp3) is 0.488. The molecule has 1 unspecified atom stereocenters. The molecule has 3 aromatic carbocycles. The summed E-state index contributed by atoms with van der Waals surface area (Å²) < 4.78 is 34.2. The van der Waals surface area contributed by atoms with Crippen LogP contribution in [0.3, 0.4) is 0 Å². The molecule has 3 fully saturated rings. The first-order chi connectivity index (χ1) is 24.3. The molecule has 0 aromatic heterocycles. The maximum absolute atomic E-state index is 14.7. The van der Waals surface area contributed by atoms with Crippen molar-refractivity contribution in [1.29, 1.82) is 0 Å². The van der Waals surface area contributed by atoms with Gasteiger partial charge in [0.2, 0.25) is 0 Å². The Balaban J connectivity index is 1.21. The summed E-state index contributed by atoms with van der Waals surface area (Å²) in [6, 6.07) is 17.4. The number of hydrogen-bond acceptors (Lipinski definition) is 5. The Morgan fingerprint density at radius 3 is 2.41 bits per heavy atom. The zero-order valence-corrected chi connectivity index (χ0v) is 29.6. The molecule has 1 amide bonds. The molecular weight excluding hydrogens is 648 g/mol. The van der Waals surface area contributed by atoms with Crippen LogP contribution in [-0.4, -0.2) is 51.8 Å². The number of ether oxygens (including phenoxy) is 1. The van der Waals surface area contributed by atoms with Crippen LogP contribution in [0.15, 0.2) is 84.5 Å². The van der Waals surface area contributed by atoms with Crippen molar-refractivity contribution in [3.63, 3.8) is 0 Å². The predicted molar refractivity (Wildman–Crippen MR) is 191 cm³/mol. The summed E-state index contributed by atoms with van der Waals surface area (Å²) in [4.78, 5) is 30.0. The number of benzene rings is 3. The molecule has 9 rings (SSSR count). The van der Waals surface area contributed by atoms with Gasteiger partial charge in [-0.15, -0.1) is 0 Å². The summed E-state index contributed by atoms with van der Waals surface area (Å²) >= 11 is 0. The minimum absolute atomic E-state index is 0.0361. The van der Waals surface area contributed by atoms with E-state index in [1.54, 1.807) is 11.8 Å². The maximum Gasteiger partial charge on any atom is 0.410 e. The summed E-state index contributed by atoms with van der Waals surface area (Å²) in [6.45, 7) is 6.72. The highest BCUT2D eigenvalue weighted by atomic mass is 19.2. The number of rotatable bonds is 7. The van der Waals surface area contributed by atoms with Gasteiger partial charge >= 0.3 is 6.09 Å². The molecule has 2 N–H and O–H groups in total. The van der Waals surface area contributed by atoms with Gasteiger partial charge in [0.25, 0.3) is 0 Å². The number of nitrogens with zero attached hydrogens (tertiary/aromatic N) is 1. The van der Waals surface area contributed by atoms with E-state index in [4.69, 9.17) is 4.74 Å². The Labute approximate surface area is 298 Å². The molecule has 2 bridgehead atoms. The molecule has 6 nitrogen and oxygen atoms in total. The van der Waals surface area contributed by atoms with Crippen LogP contribution in [0.5, 0.6) is 0 Å². The third-order valence-corrected chi connectivity index (χ3v) is 14.4. The van der Waals surface area contributed by atoms with Crippen LogP contribution < -0.4 is 0 Å². The van der Waals surface area contributed by atoms with Crippen LogP contribution in [0, 0.1) is 45.1 Å². The van der Waals surface area contributed by atoms with Crippen molar-refractivity contribution in [2.24, 2.45) is 33.5 Å². The van der Waals surface area contributed by atoms with Crippen LogP contribution in [0.1, 0.15) is 81.6 Å². The molecule has 0 aliphatic heterocycles. The van der Waals surface area contributed by atoms with Gasteiger partial charge in [0.15, 0.2) is 17.4 Å². The lowest BCUT2D eigenvalue weighted by atomic mass is 9.32. The normalized spacial score (nSPS) is 36.2. The van der Waals surface area contributed by atoms with Crippen molar-refractivity contribution in [2.75, 3.05) is 13.2 Å². The van der Waals surface area contributed by atoms with Crippen molar-refractivity contribution in [2.45, 2.75) is 84.0 Å². The number of hydrogen-bond donors (Lipinski definition) is 2. The highest BCUT2D eigenvalue weighted by Gasteiger charge is 2.74. The Morgan fingerprint density at radius 2 is 1.63 bits per heavy atom. The van der Waals surface area contributed by atoms with Crippen molar-refractivity contribution < 1.29 is 33.3 Å². The Morgan fingerprint density at radius 1 is 0.902 bits per heavy atom. The second-order valence-corrected chi connectivity index (χ2v) is 16.5. The number of allylic oxidation sites excluding steroid dienone is 4. The van der Waals surface area contributed by atoms with Gasteiger partial charge in [-0.05, 0) is 104 Å². The number of carbonyl (C=O) groups excluding carboxylic acids is 2. The highest BCUT2D eigenvalue weighted by Crippen LogP contribution is 2.78. The van der Waals surface area contributed by atoms with E-state index in [-0.39, 0.29) is 48.3 Å². The highest BCUT2D eigenvalue weighted by molar-refractivity contribution is 6.10. The average molecular weight is 696 g/mol. The summed E-state index contributed by atoms with van der Waals surface area (Å²) in [6.07, 6.45) is 9.91. The number of fused-ring (bicyclic) bond motifs is 2. The molecule has 8 heteroatoms. The lowest BCUT2D eigenvalue weighted by molar-refractivity contribution is -0.175. The zero-order chi connectivity index (χ0) is 36.0. The SMILES string of the molecule is CCOC(=O)N(Cc1cccc2ccccc12)C[C@]1(O)CC[C@H]2[C@]34C=C[C@@]5(C=C3C(=O)c3ccc(F)c(F)c3)CC(O)CC[C@]5(C)[C@H]4CC[C@@]21C. The monoisotopic (exact) mass is 695 g/mol. The molecule has 2 spiro atoms. The summed E-state index contributed by atoms with van der Waals surface area (Å²) in [5, 5.41) is 26.0. The summed E-state index contributed by atoms with van der Waals surface area (Å²) in [5.41, 5.74) is -1.96. The van der Waals surface area contributed by atoms with Gasteiger partial charge in [0.05, 0.1) is 24.9 Å². The first-order valence-corrected chi connectivity index (χ1v) is 18.5. The third-order valence-electron chi connectivity index (χ3n) is 14.4. The third kappa shape index (κ3) is 4.77. The van der Waals surface area contributed by atoms with E-state index in [0.717, 1.165) is 41.3 Å². The molecule has 6 aliphatic carbocycles. The first-order valence-electron chi connectivity index (χ1n) is 18.5. The molecule has 51 heavy (non-hydrogen) atoms. The molecule has 6 aliphatic rings. The van der Waals surface area contributed by atoms with Gasteiger partial charge < -0.3 is 19.8 Å². The molecule has 3 saturated carbocycles. The first kappa shape index (κ1) is 34.2. The second kappa shape index (κ2) is 11.8. The molecule has 0 saturated heterocycles. The van der Waals surface area contributed by atoms with Crippen LogP contribution in [0.2, 0.25) is 0 Å². The van der Waals surface area contributed by atoms with E-state index in [0.29, 0.717) is 37.7 Å². The van der Waals surface area contributed by atoms with Crippen LogP contribution >= 0.6 is 0 Å². The summed E-state index contributed by atoms with van der Waals surface area (Å²) in [5.74, 6) is -2.56. The maximum atomic E-state index is 14.7. The predicted octanol–water partition coefficient (Wildman–Crippen LogP) is 8.55. The lowest BCUT2D eigenvalue weighted by Gasteiger charge is -2.71. The Kier molecular flexibility index (Phi) is 7.93. The number of amides is 1. The van der Waals surface area contributed by atoms with Crippen molar-refractivity contribution in [3.05, 3.63) is 107 Å². The van der Waals surface area contributed by atoms with Crippen molar-refractivity contribution in [3.8, 4) is 0 Å². The molecular formula is C43H47F2NO5. The Bertz CT molecular complexity index is 1990. The number of aliphatic hydroxyl groups is 2. The molecule has 8 atom stereocenters. The summed E-state index contributed by atoms with van der Waals surface area (Å²) in [7, 11) is 0. The Hall–Kier alpha value is -3.88. The van der Waals surface area contributed by atoms with Crippen LogP contribution in [0.25, 0.3) is 10.8 Å². The number of carbonyl (C=O) groups is 2. The van der Waals surface area contributed by atoms with Crippen LogP contribution in [-0.2, 0) is 11.3 Å². The van der Waals surface area contributed by atoms with Gasteiger partial charge in [0.1, 0.15) is 0 Å². The molecule has 0 radical (unpaired) electrons. The van der Waals surface area contributed by atoms with Crippen molar-refractivity contribution >= 4 is 22.6 Å². The zero-order valence-electron chi connectivity index (χ0n) is 29.6. The van der Waals surface area contributed by atoms with E-state index in [9.17, 15) is 28.6 Å². The molecule has 0 heterocycles. The largest absolute Gasteiger partial charge is 0.450 e. The van der Waals surface area contributed by atoms with E-state index in [1.165, 1.54) is 6.07 Å². The quantitative estimate of drug-likeness (QED) is 0.191. The number of Topliss-reactive ketones (excluding diaryl/α,β-unsaturated/α-hetero) is 1. The number of ketones is 1. The van der Waals surface area contributed by atoms with Gasteiger partial charge in [-0.2, -0.15) is 0 Å². The van der Waals surface area contributed by atoms with Gasteiger partial charge in [-0.3, -0.25) is 4.79 Å². The minimum atomic E-state index is -1.30. The van der Waals surface area contributed by atoms with E-state index in [2.05, 4.69) is 32.1 Å². The minimum Gasteiger partial charge on any atom is -0.450 e. The standard InChI is InChI=1S/C43H47F2NO5/c1-4-51-38(49)46(25-29-10-7-9-27-8-5-6-11-31(27)29)26-42(50)19-16-36-40(42,3)18-15-35-39(2)17-14-30(47)23-41(39)20-21-43(35,36)32(24-41)37(48)28-12-13-33(44)34(45)22-28/h5-13,20-22,24,30,35-36,47,50H,4,14-19,23,25-26H2,1-3H3/t30?,35-,36-,39-,40+,41+,42-,43-/m1/s1. The smallest absolute Gasteiger partial charge is 0.410 e. The van der Waals surface area contributed by atoms with Crippen LogP contribution in [0.4, 0.5) is 13.6 Å². The fourth-order valence-electron chi connectivity index (χ4n) is 11.7. The topological polar surface area (TPSA) is 87.1 Å². The van der Waals surface area contributed by atoms with E-state index in [1.807, 2.05) is 42.5 Å². The van der Waals surface area contributed by atoms with E-state index < -0.39 is 45.7 Å². The average Bonchev–Trinajstić information content (AvgIpc) is 3.38. The van der Waals surface area contributed by atoms with Gasteiger partial charge in [0, 0.05) is 33.9 Å². The van der Waals surface area contributed by atoms with E-state index >= 15 is 0 Å². The lowest BCUT2D eigenvalue weighted by Crippen LogP contribution is -2.67. The van der Waals surface area contributed by atoms with Gasteiger partial charge in [-0.25, -0.2) is 13.6 Å². The number of aliphatic hydroxyl groups excluding tert-OH is 1. The number of halogens is 2. The van der Waals surface area contributed by atoms with Gasteiger partial charge in [-0.1, -0.05) is 74.5 Å².